The second kappa shape index (κ2) is 4.28. The molecule has 0 saturated heterocycles. The summed E-state index contributed by atoms with van der Waals surface area (Å²) in [5, 5.41) is 0. The maximum atomic E-state index is 5.66. The van der Waals surface area contributed by atoms with Crippen molar-refractivity contribution in [2.24, 2.45) is 5.73 Å². The van der Waals surface area contributed by atoms with Gasteiger partial charge in [-0.1, -0.05) is 19.9 Å². The van der Waals surface area contributed by atoms with Gasteiger partial charge in [0.15, 0.2) is 0 Å². The number of hydrogen-bond acceptors (Lipinski definition) is 2. The third kappa shape index (κ3) is 2.22. The Morgan fingerprint density at radius 2 is 2.08 bits per heavy atom. The monoisotopic (exact) mass is 179 g/mol. The molecule has 1 aromatic rings. The van der Waals surface area contributed by atoms with Crippen LogP contribution >= 0.6 is 0 Å². The molecule has 0 atom stereocenters. The first-order chi connectivity index (χ1) is 6.19. The highest BCUT2D eigenvalue weighted by atomic mass is 16.5. The zero-order chi connectivity index (χ0) is 9.84. The van der Waals surface area contributed by atoms with Gasteiger partial charge in [0, 0.05) is 6.54 Å². The molecule has 0 amide bonds. The fourth-order valence-electron chi connectivity index (χ4n) is 1.45. The number of ether oxygens (including phenoxy) is 1. The van der Waals surface area contributed by atoms with Crippen molar-refractivity contribution in [1.82, 2.24) is 0 Å². The minimum absolute atomic E-state index is 0.518. The van der Waals surface area contributed by atoms with E-state index in [1.54, 1.807) is 7.11 Å². The zero-order valence-electron chi connectivity index (χ0n) is 8.50. The fraction of sp³-hybridized carbons (Fsp3) is 0.455. The van der Waals surface area contributed by atoms with Crippen molar-refractivity contribution in [2.75, 3.05) is 7.11 Å². The summed E-state index contributed by atoms with van der Waals surface area (Å²) in [6.45, 7) is 4.91. The van der Waals surface area contributed by atoms with Crippen molar-refractivity contribution in [3.63, 3.8) is 0 Å². The lowest BCUT2D eigenvalue weighted by Crippen LogP contribution is -2.03. The largest absolute Gasteiger partial charge is 0.497 e. The molecule has 0 spiro atoms. The summed E-state index contributed by atoms with van der Waals surface area (Å²) in [7, 11) is 1.67. The molecule has 0 aromatic heterocycles. The lowest BCUT2D eigenvalue weighted by molar-refractivity contribution is 0.414. The molecule has 13 heavy (non-hydrogen) atoms. The Labute approximate surface area is 79.7 Å². The molecule has 0 aliphatic carbocycles. The van der Waals surface area contributed by atoms with Crippen molar-refractivity contribution in [2.45, 2.75) is 26.3 Å². The highest BCUT2D eigenvalue weighted by Crippen LogP contribution is 2.23. The fourth-order valence-corrected chi connectivity index (χ4v) is 1.45. The number of benzene rings is 1. The summed E-state index contributed by atoms with van der Waals surface area (Å²) in [4.78, 5) is 0. The van der Waals surface area contributed by atoms with Crippen LogP contribution in [-0.2, 0) is 6.54 Å². The molecule has 0 saturated carbocycles. The minimum Gasteiger partial charge on any atom is -0.497 e. The second-order valence-electron chi connectivity index (χ2n) is 3.42. The van der Waals surface area contributed by atoms with E-state index in [0.29, 0.717) is 12.5 Å². The maximum absolute atomic E-state index is 5.66. The molecule has 0 unspecified atom stereocenters. The summed E-state index contributed by atoms with van der Waals surface area (Å²) in [5.41, 5.74) is 8.14. The molecule has 2 heteroatoms. The van der Waals surface area contributed by atoms with E-state index in [1.807, 2.05) is 12.1 Å². The number of nitrogens with two attached hydrogens (primary N) is 1. The van der Waals surface area contributed by atoms with Crippen LogP contribution in [0.5, 0.6) is 5.75 Å². The van der Waals surface area contributed by atoms with E-state index in [2.05, 4.69) is 19.9 Å². The SMILES string of the molecule is COc1ccc(C(C)C)c(CN)c1. The Morgan fingerprint density at radius 1 is 1.38 bits per heavy atom. The van der Waals surface area contributed by atoms with Gasteiger partial charge in [-0.2, -0.15) is 0 Å². The molecule has 0 heterocycles. The molecule has 1 rings (SSSR count). The molecule has 72 valence electrons. The van der Waals surface area contributed by atoms with Crippen LogP contribution in [0.15, 0.2) is 18.2 Å². The van der Waals surface area contributed by atoms with Gasteiger partial charge in [0.2, 0.25) is 0 Å². The molecule has 0 aliphatic rings. The van der Waals surface area contributed by atoms with Crippen LogP contribution in [0, 0.1) is 0 Å². The van der Waals surface area contributed by atoms with Gasteiger partial charge in [0.1, 0.15) is 5.75 Å². The van der Waals surface area contributed by atoms with Gasteiger partial charge < -0.3 is 10.5 Å². The molecular weight excluding hydrogens is 162 g/mol. The first-order valence-electron chi connectivity index (χ1n) is 4.56. The van der Waals surface area contributed by atoms with E-state index in [4.69, 9.17) is 10.5 Å². The van der Waals surface area contributed by atoms with E-state index >= 15 is 0 Å². The van der Waals surface area contributed by atoms with Crippen molar-refractivity contribution in [1.29, 1.82) is 0 Å². The van der Waals surface area contributed by atoms with E-state index in [-0.39, 0.29) is 0 Å². The summed E-state index contributed by atoms with van der Waals surface area (Å²) in [6.07, 6.45) is 0. The third-order valence-corrected chi connectivity index (χ3v) is 2.19. The van der Waals surface area contributed by atoms with Crippen molar-refractivity contribution < 1.29 is 4.74 Å². The highest BCUT2D eigenvalue weighted by molar-refractivity contribution is 5.37. The van der Waals surface area contributed by atoms with Gasteiger partial charge in [-0.25, -0.2) is 0 Å². The lowest BCUT2D eigenvalue weighted by atomic mass is 9.97. The summed E-state index contributed by atoms with van der Waals surface area (Å²) in [6, 6.07) is 6.08. The molecule has 2 nitrogen and oxygen atoms in total. The van der Waals surface area contributed by atoms with Crippen molar-refractivity contribution in [3.8, 4) is 5.75 Å². The van der Waals surface area contributed by atoms with Crippen LogP contribution in [-0.4, -0.2) is 7.11 Å². The quantitative estimate of drug-likeness (QED) is 0.772. The number of hydrogen-bond donors (Lipinski definition) is 1. The Morgan fingerprint density at radius 3 is 2.54 bits per heavy atom. The van der Waals surface area contributed by atoms with Crippen LogP contribution in [0.4, 0.5) is 0 Å². The molecule has 0 fully saturated rings. The van der Waals surface area contributed by atoms with Crippen LogP contribution in [0.25, 0.3) is 0 Å². The van der Waals surface area contributed by atoms with Crippen molar-refractivity contribution >= 4 is 0 Å². The van der Waals surface area contributed by atoms with Gasteiger partial charge in [-0.3, -0.25) is 0 Å². The highest BCUT2D eigenvalue weighted by Gasteiger charge is 2.05. The average Bonchev–Trinajstić information content (AvgIpc) is 2.16. The van der Waals surface area contributed by atoms with Gasteiger partial charge in [0.25, 0.3) is 0 Å². The third-order valence-electron chi connectivity index (χ3n) is 2.19. The van der Waals surface area contributed by atoms with Gasteiger partial charge >= 0.3 is 0 Å². The summed E-state index contributed by atoms with van der Waals surface area (Å²) in [5.74, 6) is 1.40. The normalized spacial score (nSPS) is 10.5. The smallest absolute Gasteiger partial charge is 0.119 e. The van der Waals surface area contributed by atoms with E-state index in [9.17, 15) is 0 Å². The van der Waals surface area contributed by atoms with Gasteiger partial charge in [-0.15, -0.1) is 0 Å². The Bertz CT molecular complexity index is 281. The van der Waals surface area contributed by atoms with E-state index < -0.39 is 0 Å². The first-order valence-corrected chi connectivity index (χ1v) is 4.56. The van der Waals surface area contributed by atoms with E-state index in [1.165, 1.54) is 11.1 Å². The van der Waals surface area contributed by atoms with Crippen LogP contribution < -0.4 is 10.5 Å². The predicted octanol–water partition coefficient (Wildman–Crippen LogP) is 2.28. The minimum atomic E-state index is 0.518. The van der Waals surface area contributed by atoms with E-state index in [0.717, 1.165) is 5.75 Å². The Hall–Kier alpha value is -1.02. The number of rotatable bonds is 3. The van der Waals surface area contributed by atoms with Crippen LogP contribution in [0.2, 0.25) is 0 Å². The van der Waals surface area contributed by atoms with Gasteiger partial charge in [0.05, 0.1) is 7.11 Å². The topological polar surface area (TPSA) is 35.2 Å². The van der Waals surface area contributed by atoms with Crippen molar-refractivity contribution in [3.05, 3.63) is 29.3 Å². The zero-order valence-corrected chi connectivity index (χ0v) is 8.50. The Kier molecular flexibility index (Phi) is 3.32. The number of methoxy groups -OCH3 is 1. The molecule has 0 radical (unpaired) electrons. The molecular formula is C11H17NO. The maximum Gasteiger partial charge on any atom is 0.119 e. The van der Waals surface area contributed by atoms with Crippen LogP contribution in [0.3, 0.4) is 0 Å². The predicted molar refractivity (Wildman–Crippen MR) is 55.0 cm³/mol. The molecule has 0 aliphatic heterocycles. The van der Waals surface area contributed by atoms with Crippen LogP contribution in [0.1, 0.15) is 30.9 Å². The standard InChI is InChI=1S/C11H17NO/c1-8(2)11-5-4-10(13-3)6-9(11)7-12/h4-6,8H,7,12H2,1-3H3. The summed E-state index contributed by atoms with van der Waals surface area (Å²) >= 11 is 0. The van der Waals surface area contributed by atoms with Gasteiger partial charge in [-0.05, 0) is 29.2 Å². The first kappa shape index (κ1) is 10.1. The second-order valence-corrected chi connectivity index (χ2v) is 3.42. The summed E-state index contributed by atoms with van der Waals surface area (Å²) < 4.78 is 5.14. The molecule has 2 N–H and O–H groups in total. The lowest BCUT2D eigenvalue weighted by Gasteiger charge is -2.12. The molecule has 0 bridgehead atoms. The average molecular weight is 179 g/mol. The molecule has 1 aromatic carbocycles. The Balaban J connectivity index is 3.08.